The second-order valence-corrected chi connectivity index (χ2v) is 7.18. The van der Waals surface area contributed by atoms with Crippen LogP contribution in [0.2, 0.25) is 0 Å². The second-order valence-electron chi connectivity index (χ2n) is 7.18. The first kappa shape index (κ1) is 22.7. The molecule has 1 unspecified atom stereocenters. The summed E-state index contributed by atoms with van der Waals surface area (Å²) < 4.78 is 12.4. The van der Waals surface area contributed by atoms with E-state index in [0.717, 1.165) is 42.6 Å². The fourth-order valence-corrected chi connectivity index (χ4v) is 3.28. The second kappa shape index (κ2) is 11.5. The Labute approximate surface area is 174 Å². The van der Waals surface area contributed by atoms with Crippen LogP contribution in [0.4, 0.5) is 0 Å². The van der Waals surface area contributed by atoms with Crippen molar-refractivity contribution in [1.82, 2.24) is 20.4 Å². The Balaban J connectivity index is 1.82. The van der Waals surface area contributed by atoms with Crippen molar-refractivity contribution in [3.63, 3.8) is 0 Å². The van der Waals surface area contributed by atoms with E-state index in [2.05, 4.69) is 46.7 Å². The Hall–Kier alpha value is -2.54. The zero-order chi connectivity index (χ0) is 21.2. The van der Waals surface area contributed by atoms with E-state index in [1.165, 1.54) is 11.1 Å². The van der Waals surface area contributed by atoms with Crippen LogP contribution in [-0.4, -0.2) is 50.2 Å². The van der Waals surface area contributed by atoms with Crippen LogP contribution in [0.3, 0.4) is 0 Å². The summed E-state index contributed by atoms with van der Waals surface area (Å²) in [5.74, 6) is 2.14. The summed E-state index contributed by atoms with van der Waals surface area (Å²) >= 11 is 0. The highest BCUT2D eigenvalue weighted by Gasteiger charge is 2.12. The van der Waals surface area contributed by atoms with Gasteiger partial charge in [-0.2, -0.15) is 5.10 Å². The average Bonchev–Trinajstić information content (AvgIpc) is 3.01. The van der Waals surface area contributed by atoms with E-state index in [4.69, 9.17) is 9.47 Å². The third-order valence-corrected chi connectivity index (χ3v) is 5.25. The largest absolute Gasteiger partial charge is 0.497 e. The van der Waals surface area contributed by atoms with Crippen LogP contribution in [0.25, 0.3) is 0 Å². The molecule has 0 aliphatic heterocycles. The third kappa shape index (κ3) is 6.49. The van der Waals surface area contributed by atoms with Crippen LogP contribution >= 0.6 is 0 Å². The van der Waals surface area contributed by atoms with Crippen LogP contribution in [0.5, 0.6) is 5.75 Å². The Bertz CT molecular complexity index is 783. The molecule has 7 heteroatoms. The summed E-state index contributed by atoms with van der Waals surface area (Å²) in [5, 5.41) is 11.4. The highest BCUT2D eigenvalue weighted by Crippen LogP contribution is 2.21. The van der Waals surface area contributed by atoms with Crippen LogP contribution in [0.15, 0.2) is 29.3 Å². The van der Waals surface area contributed by atoms with Crippen LogP contribution in [-0.2, 0) is 17.8 Å². The van der Waals surface area contributed by atoms with Gasteiger partial charge in [0.2, 0.25) is 0 Å². The van der Waals surface area contributed by atoms with Gasteiger partial charge in [-0.3, -0.25) is 9.67 Å². The van der Waals surface area contributed by atoms with Gasteiger partial charge < -0.3 is 20.1 Å². The van der Waals surface area contributed by atoms with Gasteiger partial charge in [-0.1, -0.05) is 19.1 Å². The first-order valence-corrected chi connectivity index (χ1v) is 10.1. The lowest BCUT2D eigenvalue weighted by Crippen LogP contribution is -2.37. The van der Waals surface area contributed by atoms with Gasteiger partial charge in [0.15, 0.2) is 5.96 Å². The molecule has 29 heavy (non-hydrogen) atoms. The monoisotopic (exact) mass is 401 g/mol. The number of benzene rings is 1. The number of aryl methyl sites for hydroxylation is 1. The van der Waals surface area contributed by atoms with Crippen molar-refractivity contribution in [3.8, 4) is 5.75 Å². The molecule has 2 aromatic rings. The fraction of sp³-hybridized carbons (Fsp3) is 0.545. The Morgan fingerprint density at radius 1 is 1.17 bits per heavy atom. The first-order valence-electron chi connectivity index (χ1n) is 10.1. The van der Waals surface area contributed by atoms with Crippen molar-refractivity contribution in [2.24, 2.45) is 4.99 Å². The maximum Gasteiger partial charge on any atom is 0.191 e. The number of rotatable bonds is 10. The molecule has 2 N–H and O–H groups in total. The molecule has 7 nitrogen and oxygen atoms in total. The SMILES string of the molecule is CN=C(NCCC(C)c1ccc(OC)cc1)NCc1c(C)nn(CCOC)c1C. The smallest absolute Gasteiger partial charge is 0.191 e. The number of hydrogen-bond donors (Lipinski definition) is 2. The van der Waals surface area contributed by atoms with Gasteiger partial charge in [0, 0.05) is 38.5 Å². The molecule has 1 heterocycles. The highest BCUT2D eigenvalue weighted by atomic mass is 16.5. The number of methoxy groups -OCH3 is 2. The van der Waals surface area contributed by atoms with E-state index >= 15 is 0 Å². The molecule has 0 saturated carbocycles. The fourth-order valence-electron chi connectivity index (χ4n) is 3.28. The molecule has 0 spiro atoms. The number of nitrogens with zero attached hydrogens (tertiary/aromatic N) is 3. The third-order valence-electron chi connectivity index (χ3n) is 5.25. The van der Waals surface area contributed by atoms with Crippen LogP contribution < -0.4 is 15.4 Å². The molecular formula is C22H35N5O2. The minimum atomic E-state index is 0.454. The molecule has 1 aromatic carbocycles. The van der Waals surface area contributed by atoms with Gasteiger partial charge in [0.25, 0.3) is 0 Å². The summed E-state index contributed by atoms with van der Waals surface area (Å²) in [6, 6.07) is 8.28. The number of ether oxygens (including phenoxy) is 2. The summed E-state index contributed by atoms with van der Waals surface area (Å²) in [7, 11) is 5.19. The van der Waals surface area contributed by atoms with Gasteiger partial charge in [-0.15, -0.1) is 0 Å². The molecule has 0 aliphatic carbocycles. The van der Waals surface area contributed by atoms with Gasteiger partial charge >= 0.3 is 0 Å². The van der Waals surface area contributed by atoms with Crippen molar-refractivity contribution >= 4 is 5.96 Å². The summed E-state index contributed by atoms with van der Waals surface area (Å²) in [5.41, 5.74) is 4.71. The lowest BCUT2D eigenvalue weighted by atomic mass is 9.98. The van der Waals surface area contributed by atoms with E-state index in [1.807, 2.05) is 23.7 Å². The molecule has 0 amide bonds. The van der Waals surface area contributed by atoms with Crippen LogP contribution in [0.1, 0.15) is 41.8 Å². The summed E-state index contributed by atoms with van der Waals surface area (Å²) in [4.78, 5) is 4.34. The minimum absolute atomic E-state index is 0.454. The minimum Gasteiger partial charge on any atom is -0.497 e. The number of guanidine groups is 1. The lowest BCUT2D eigenvalue weighted by molar-refractivity contribution is 0.182. The van der Waals surface area contributed by atoms with E-state index < -0.39 is 0 Å². The van der Waals surface area contributed by atoms with E-state index in [0.29, 0.717) is 19.1 Å². The molecule has 2 rings (SSSR count). The van der Waals surface area contributed by atoms with E-state index in [9.17, 15) is 0 Å². The summed E-state index contributed by atoms with van der Waals surface area (Å²) in [6.45, 7) is 9.33. The maximum atomic E-state index is 5.23. The molecular weight excluding hydrogens is 366 g/mol. The van der Waals surface area contributed by atoms with Gasteiger partial charge in [-0.25, -0.2) is 0 Å². The molecule has 0 radical (unpaired) electrons. The standard InChI is InChI=1S/C22H35N5O2/c1-16(19-7-9-20(29-6)10-8-19)11-12-24-22(23-4)25-15-21-17(2)26-27(18(21)3)13-14-28-5/h7-10,16H,11-15H2,1-6H3,(H2,23,24,25). The number of nitrogens with one attached hydrogen (secondary N) is 2. The van der Waals surface area contributed by atoms with Crippen molar-refractivity contribution in [1.29, 1.82) is 0 Å². The average molecular weight is 402 g/mol. The van der Waals surface area contributed by atoms with Crippen molar-refractivity contribution in [2.75, 3.05) is 34.4 Å². The highest BCUT2D eigenvalue weighted by molar-refractivity contribution is 5.79. The van der Waals surface area contributed by atoms with Crippen LogP contribution in [0, 0.1) is 13.8 Å². The maximum absolute atomic E-state index is 5.23. The predicted molar refractivity (Wildman–Crippen MR) is 118 cm³/mol. The molecule has 0 bridgehead atoms. The zero-order valence-electron chi connectivity index (χ0n) is 18.6. The van der Waals surface area contributed by atoms with E-state index in [-0.39, 0.29) is 0 Å². The van der Waals surface area contributed by atoms with Gasteiger partial charge in [-0.05, 0) is 43.9 Å². The number of hydrogen-bond acceptors (Lipinski definition) is 4. The van der Waals surface area contributed by atoms with Crippen molar-refractivity contribution < 1.29 is 9.47 Å². The quantitative estimate of drug-likeness (QED) is 0.473. The van der Waals surface area contributed by atoms with E-state index in [1.54, 1.807) is 21.3 Å². The van der Waals surface area contributed by atoms with Gasteiger partial charge in [0.05, 0.1) is 26.0 Å². The van der Waals surface area contributed by atoms with Gasteiger partial charge in [0.1, 0.15) is 5.75 Å². The van der Waals surface area contributed by atoms with Crippen molar-refractivity contribution in [2.45, 2.75) is 46.2 Å². The number of aromatic nitrogens is 2. The molecule has 1 aromatic heterocycles. The first-order chi connectivity index (χ1) is 14.0. The topological polar surface area (TPSA) is 72.7 Å². The molecule has 0 aliphatic rings. The normalized spacial score (nSPS) is 12.7. The van der Waals surface area contributed by atoms with Crippen molar-refractivity contribution in [3.05, 3.63) is 46.8 Å². The molecule has 0 saturated heterocycles. The zero-order valence-corrected chi connectivity index (χ0v) is 18.6. The predicted octanol–water partition coefficient (Wildman–Crippen LogP) is 3.01. The Kier molecular flexibility index (Phi) is 8.99. The lowest BCUT2D eigenvalue weighted by Gasteiger charge is -2.16. The number of aliphatic imine (C=N–C) groups is 1. The molecule has 160 valence electrons. The summed E-state index contributed by atoms with van der Waals surface area (Å²) in [6.07, 6.45) is 1.01. The Morgan fingerprint density at radius 3 is 2.52 bits per heavy atom. The molecule has 0 fully saturated rings. The molecule has 1 atom stereocenters. The Morgan fingerprint density at radius 2 is 1.90 bits per heavy atom.